The Balaban J connectivity index is 2.17. The summed E-state index contributed by atoms with van der Waals surface area (Å²) in [6.07, 6.45) is 0.149. The van der Waals surface area contributed by atoms with Crippen LogP contribution in [0.2, 0.25) is 0 Å². The van der Waals surface area contributed by atoms with Gasteiger partial charge < -0.3 is 5.73 Å². The third-order valence-corrected chi connectivity index (χ3v) is 3.13. The van der Waals surface area contributed by atoms with Crippen LogP contribution in [0.3, 0.4) is 0 Å². The number of carbonyl (C=O) groups excluding carboxylic acids is 1. The molecule has 2 N–H and O–H groups in total. The van der Waals surface area contributed by atoms with E-state index < -0.39 is 0 Å². The van der Waals surface area contributed by atoms with Crippen LogP contribution in [0.25, 0.3) is 0 Å². The number of halogens is 1. The van der Waals surface area contributed by atoms with Crippen molar-refractivity contribution in [1.82, 2.24) is 4.98 Å². The fraction of sp³-hybridized carbons (Fsp3) is 0.167. The Kier molecular flexibility index (Phi) is 3.19. The molecule has 0 amide bonds. The zero-order chi connectivity index (χ0) is 12.4. The van der Waals surface area contributed by atoms with Gasteiger partial charge in [0.15, 0.2) is 10.9 Å². The lowest BCUT2D eigenvalue weighted by atomic mass is 10.1. The zero-order valence-corrected chi connectivity index (χ0v) is 10.1. The molecule has 0 radical (unpaired) electrons. The largest absolute Gasteiger partial charge is 0.375 e. The van der Waals surface area contributed by atoms with Crippen LogP contribution in [0.1, 0.15) is 21.6 Å². The monoisotopic (exact) mass is 250 g/mol. The maximum Gasteiger partial charge on any atom is 0.180 e. The normalized spacial score (nSPS) is 10.5. The Bertz CT molecular complexity index is 565. The number of hydrogen-bond donors (Lipinski definition) is 1. The minimum absolute atomic E-state index is 0.149. The highest BCUT2D eigenvalue weighted by Crippen LogP contribution is 2.15. The molecule has 2 aromatic rings. The summed E-state index contributed by atoms with van der Waals surface area (Å²) in [4.78, 5) is 15.8. The molecule has 0 aliphatic heterocycles. The molecule has 17 heavy (non-hydrogen) atoms. The van der Waals surface area contributed by atoms with Crippen molar-refractivity contribution >= 4 is 22.3 Å². The van der Waals surface area contributed by atoms with E-state index >= 15 is 0 Å². The minimum atomic E-state index is -0.367. The van der Waals surface area contributed by atoms with Crippen LogP contribution >= 0.6 is 11.3 Å². The van der Waals surface area contributed by atoms with Gasteiger partial charge >= 0.3 is 0 Å². The quantitative estimate of drug-likeness (QED) is 0.852. The number of aromatic nitrogens is 1. The van der Waals surface area contributed by atoms with Gasteiger partial charge in [-0.15, -0.1) is 11.3 Å². The second-order valence-electron chi connectivity index (χ2n) is 3.74. The zero-order valence-electron chi connectivity index (χ0n) is 9.24. The molecule has 0 fully saturated rings. The van der Waals surface area contributed by atoms with Gasteiger partial charge in [-0.3, -0.25) is 4.79 Å². The van der Waals surface area contributed by atoms with Gasteiger partial charge in [-0.05, 0) is 18.6 Å². The number of nitrogen functional groups attached to an aromatic ring is 1. The van der Waals surface area contributed by atoms with Crippen molar-refractivity contribution in [2.24, 2.45) is 0 Å². The molecule has 2 rings (SSSR count). The van der Waals surface area contributed by atoms with Crippen molar-refractivity contribution in [3.8, 4) is 0 Å². The highest BCUT2D eigenvalue weighted by molar-refractivity contribution is 7.13. The summed E-state index contributed by atoms with van der Waals surface area (Å²) in [6, 6.07) is 4.47. The molecule has 0 spiro atoms. The Hall–Kier alpha value is -1.75. The number of thiazole rings is 1. The predicted molar refractivity (Wildman–Crippen MR) is 65.7 cm³/mol. The van der Waals surface area contributed by atoms with Gasteiger partial charge in [0, 0.05) is 10.9 Å². The van der Waals surface area contributed by atoms with Crippen LogP contribution < -0.4 is 5.73 Å². The van der Waals surface area contributed by atoms with E-state index in [0.717, 1.165) is 0 Å². The summed E-state index contributed by atoms with van der Waals surface area (Å²) in [5.74, 6) is -0.525. The van der Waals surface area contributed by atoms with Crippen LogP contribution in [0.5, 0.6) is 0 Å². The molecule has 0 unspecified atom stereocenters. The average Bonchev–Trinajstić information content (AvgIpc) is 2.68. The third-order valence-electron chi connectivity index (χ3n) is 2.40. The summed E-state index contributed by atoms with van der Waals surface area (Å²) in [6.45, 7) is 1.66. The van der Waals surface area contributed by atoms with Crippen LogP contribution in [0.15, 0.2) is 23.6 Å². The van der Waals surface area contributed by atoms with E-state index in [1.165, 1.54) is 17.4 Å². The summed E-state index contributed by atoms with van der Waals surface area (Å²) in [7, 11) is 0. The molecule has 0 aliphatic carbocycles. The number of carbonyl (C=O) groups is 1. The van der Waals surface area contributed by atoms with Gasteiger partial charge in [0.05, 0.1) is 12.1 Å². The number of hydrogen-bond acceptors (Lipinski definition) is 4. The highest BCUT2D eigenvalue weighted by Gasteiger charge is 2.11. The van der Waals surface area contributed by atoms with Gasteiger partial charge in [0.25, 0.3) is 0 Å². The standard InChI is InChI=1S/C12H11FN2OS/c1-7-2-3-8(4-10(7)13)11(16)5-9-6-17-12(14)15-9/h2-4,6H,5H2,1H3,(H2,14,15). The van der Waals surface area contributed by atoms with Gasteiger partial charge in [0.1, 0.15) is 5.82 Å². The van der Waals surface area contributed by atoms with Gasteiger partial charge in [0.2, 0.25) is 0 Å². The maximum atomic E-state index is 13.3. The lowest BCUT2D eigenvalue weighted by Crippen LogP contribution is -2.04. The van der Waals surface area contributed by atoms with Crippen molar-refractivity contribution in [3.05, 3.63) is 46.2 Å². The van der Waals surface area contributed by atoms with E-state index in [1.807, 2.05) is 0 Å². The van der Waals surface area contributed by atoms with Crippen molar-refractivity contribution in [1.29, 1.82) is 0 Å². The fourth-order valence-electron chi connectivity index (χ4n) is 1.44. The summed E-state index contributed by atoms with van der Waals surface area (Å²) >= 11 is 1.29. The van der Waals surface area contributed by atoms with Crippen LogP contribution in [-0.2, 0) is 6.42 Å². The molecule has 5 heteroatoms. The summed E-state index contributed by atoms with van der Waals surface area (Å²) in [5.41, 5.74) is 6.98. The number of Topliss-reactive ketones (excluding diaryl/α,β-unsaturated/α-hetero) is 1. The number of aryl methyl sites for hydroxylation is 1. The molecule has 0 saturated heterocycles. The fourth-order valence-corrected chi connectivity index (χ4v) is 2.00. The van der Waals surface area contributed by atoms with Crippen LogP contribution in [0.4, 0.5) is 9.52 Å². The van der Waals surface area contributed by atoms with Crippen LogP contribution in [-0.4, -0.2) is 10.8 Å². The molecule has 0 saturated carbocycles. The van der Waals surface area contributed by atoms with Gasteiger partial charge in [-0.1, -0.05) is 12.1 Å². The number of nitrogens with zero attached hydrogens (tertiary/aromatic N) is 1. The molecular weight excluding hydrogens is 239 g/mol. The van der Waals surface area contributed by atoms with Crippen molar-refractivity contribution in [2.45, 2.75) is 13.3 Å². The Morgan fingerprint density at radius 1 is 1.53 bits per heavy atom. The molecule has 3 nitrogen and oxygen atoms in total. The average molecular weight is 250 g/mol. The number of rotatable bonds is 3. The minimum Gasteiger partial charge on any atom is -0.375 e. The lowest BCUT2D eigenvalue weighted by molar-refractivity contribution is 0.0991. The first kappa shape index (κ1) is 11.7. The molecule has 1 heterocycles. The Morgan fingerprint density at radius 2 is 2.29 bits per heavy atom. The number of anilines is 1. The second kappa shape index (κ2) is 4.63. The molecule has 88 valence electrons. The smallest absolute Gasteiger partial charge is 0.180 e. The van der Waals surface area contributed by atoms with E-state index in [2.05, 4.69) is 4.98 Å². The van der Waals surface area contributed by atoms with Gasteiger partial charge in [-0.2, -0.15) is 0 Å². The van der Waals surface area contributed by atoms with E-state index in [1.54, 1.807) is 24.4 Å². The third kappa shape index (κ3) is 2.68. The SMILES string of the molecule is Cc1ccc(C(=O)Cc2csc(N)n2)cc1F. The van der Waals surface area contributed by atoms with Gasteiger partial charge in [-0.25, -0.2) is 9.37 Å². The molecule has 1 aromatic carbocycles. The molecule has 0 atom stereocenters. The Morgan fingerprint density at radius 3 is 2.88 bits per heavy atom. The molecule has 0 aliphatic rings. The maximum absolute atomic E-state index is 13.3. The molecule has 0 bridgehead atoms. The number of ketones is 1. The highest BCUT2D eigenvalue weighted by atomic mass is 32.1. The van der Waals surface area contributed by atoms with E-state index in [9.17, 15) is 9.18 Å². The first-order chi connectivity index (χ1) is 8.06. The van der Waals surface area contributed by atoms with Crippen LogP contribution in [0, 0.1) is 12.7 Å². The van der Waals surface area contributed by atoms with E-state index in [4.69, 9.17) is 5.73 Å². The number of benzene rings is 1. The topological polar surface area (TPSA) is 56.0 Å². The van der Waals surface area contributed by atoms with E-state index in [0.29, 0.717) is 22.0 Å². The first-order valence-electron chi connectivity index (χ1n) is 5.05. The number of nitrogens with two attached hydrogens (primary N) is 1. The molecule has 1 aromatic heterocycles. The summed E-state index contributed by atoms with van der Waals surface area (Å²) in [5, 5.41) is 2.17. The van der Waals surface area contributed by atoms with Crippen molar-refractivity contribution in [3.63, 3.8) is 0 Å². The second-order valence-corrected chi connectivity index (χ2v) is 4.63. The summed E-state index contributed by atoms with van der Waals surface area (Å²) < 4.78 is 13.3. The van der Waals surface area contributed by atoms with E-state index in [-0.39, 0.29) is 18.0 Å². The predicted octanol–water partition coefficient (Wildman–Crippen LogP) is 2.60. The first-order valence-corrected chi connectivity index (χ1v) is 5.93. The lowest BCUT2D eigenvalue weighted by Gasteiger charge is -2.01. The molecular formula is C12H11FN2OS. The van der Waals surface area contributed by atoms with Crippen molar-refractivity contribution < 1.29 is 9.18 Å². The Labute approximate surface area is 102 Å². The van der Waals surface area contributed by atoms with Crippen molar-refractivity contribution in [2.75, 3.05) is 5.73 Å².